The Kier molecular flexibility index (Phi) is 11.2. The van der Waals surface area contributed by atoms with E-state index >= 15 is 0 Å². The zero-order chi connectivity index (χ0) is 26.6. The number of hydrogen-bond acceptors (Lipinski definition) is 8. The predicted octanol–water partition coefficient (Wildman–Crippen LogP) is 1.65. The van der Waals surface area contributed by atoms with E-state index in [4.69, 9.17) is 9.47 Å². The molecule has 196 valence electrons. The molecule has 0 aliphatic rings. The maximum Gasteiger partial charge on any atom is 0.331 e. The summed E-state index contributed by atoms with van der Waals surface area (Å²) in [6.45, 7) is 2.58. The van der Waals surface area contributed by atoms with Crippen molar-refractivity contribution in [2.24, 2.45) is 0 Å². The van der Waals surface area contributed by atoms with Gasteiger partial charge in [-0.3, -0.25) is 0 Å². The van der Waals surface area contributed by atoms with Gasteiger partial charge in [-0.05, 0) is 25.0 Å². The Bertz CT molecular complexity index is 1130. The average Bonchev–Trinajstić information content (AvgIpc) is 2.80. The van der Waals surface area contributed by atoms with Crippen molar-refractivity contribution in [2.75, 3.05) is 13.2 Å². The molecule has 36 heavy (non-hydrogen) atoms. The van der Waals surface area contributed by atoms with Gasteiger partial charge in [-0.25, -0.2) is 35.9 Å². The van der Waals surface area contributed by atoms with Crippen LogP contribution >= 0.6 is 0 Å². The van der Waals surface area contributed by atoms with Crippen LogP contribution in [-0.2, 0) is 50.6 Å². The number of sulfonamides is 2. The molecule has 2 rings (SSSR count). The van der Waals surface area contributed by atoms with E-state index in [0.717, 1.165) is 12.2 Å². The van der Waals surface area contributed by atoms with E-state index in [9.17, 15) is 26.4 Å². The molecule has 0 fully saturated rings. The molecule has 2 aromatic carbocycles. The molecule has 0 amide bonds. The van der Waals surface area contributed by atoms with Crippen LogP contribution in [0.2, 0.25) is 0 Å². The topological polar surface area (TPSA) is 145 Å². The standard InChI is InChI=1S/C24H30N2O8S2/c1-19(25-35(29,30)17-21-9-5-3-6-10-21)15-33-23(27)13-14-24(28)34-16-20(2)26-36(31,32)18-22-11-7-4-8-12-22/h3-14,19-20,25-26H,15-18H2,1-2H3/b14-13+/t19-,20-/m1/s1. The van der Waals surface area contributed by atoms with Crippen LogP contribution in [0.5, 0.6) is 0 Å². The monoisotopic (exact) mass is 538 g/mol. The van der Waals surface area contributed by atoms with Gasteiger partial charge in [0.15, 0.2) is 0 Å². The smallest absolute Gasteiger partial charge is 0.331 e. The second-order valence-corrected chi connectivity index (χ2v) is 11.6. The molecule has 0 aliphatic carbocycles. The molecule has 0 radical (unpaired) electrons. The van der Waals surface area contributed by atoms with Crippen molar-refractivity contribution in [3.8, 4) is 0 Å². The first-order valence-electron chi connectivity index (χ1n) is 11.0. The minimum atomic E-state index is -3.64. The molecular formula is C24H30N2O8S2. The van der Waals surface area contributed by atoms with Crippen LogP contribution in [0.3, 0.4) is 0 Å². The highest BCUT2D eigenvalue weighted by atomic mass is 32.2. The average molecular weight is 539 g/mol. The molecule has 12 heteroatoms. The summed E-state index contributed by atoms with van der Waals surface area (Å²) in [5, 5.41) is 0. The summed E-state index contributed by atoms with van der Waals surface area (Å²) in [5.74, 6) is -2.15. The van der Waals surface area contributed by atoms with Crippen molar-refractivity contribution in [3.05, 3.63) is 83.9 Å². The lowest BCUT2D eigenvalue weighted by molar-refractivity contribution is -0.141. The number of rotatable bonds is 14. The Morgan fingerprint density at radius 2 is 1.03 bits per heavy atom. The lowest BCUT2D eigenvalue weighted by Crippen LogP contribution is -2.37. The molecule has 0 spiro atoms. The minimum absolute atomic E-state index is 0.210. The molecule has 0 unspecified atom stereocenters. The molecule has 2 N–H and O–H groups in total. The summed E-state index contributed by atoms with van der Waals surface area (Å²) in [6, 6.07) is 15.9. The highest BCUT2D eigenvalue weighted by Crippen LogP contribution is 2.06. The van der Waals surface area contributed by atoms with Gasteiger partial charge < -0.3 is 9.47 Å². The Balaban J connectivity index is 1.69. The molecule has 0 saturated carbocycles. The van der Waals surface area contributed by atoms with Crippen LogP contribution in [-0.4, -0.2) is 54.1 Å². The van der Waals surface area contributed by atoms with Gasteiger partial charge in [0.1, 0.15) is 13.2 Å². The maximum atomic E-state index is 12.2. The minimum Gasteiger partial charge on any atom is -0.461 e. The van der Waals surface area contributed by atoms with Crippen molar-refractivity contribution >= 4 is 32.0 Å². The lowest BCUT2D eigenvalue weighted by atomic mass is 10.2. The predicted molar refractivity (Wildman–Crippen MR) is 134 cm³/mol. The van der Waals surface area contributed by atoms with E-state index in [2.05, 4.69) is 9.44 Å². The van der Waals surface area contributed by atoms with Crippen LogP contribution < -0.4 is 9.44 Å². The first-order valence-corrected chi connectivity index (χ1v) is 14.3. The third-order valence-electron chi connectivity index (χ3n) is 4.47. The number of nitrogens with one attached hydrogen (secondary N) is 2. The Labute approximate surface area is 211 Å². The van der Waals surface area contributed by atoms with Gasteiger partial charge in [-0.1, -0.05) is 60.7 Å². The fourth-order valence-electron chi connectivity index (χ4n) is 3.00. The van der Waals surface area contributed by atoms with Crippen LogP contribution in [0.15, 0.2) is 72.8 Å². The fourth-order valence-corrected chi connectivity index (χ4v) is 5.79. The molecule has 2 aromatic rings. The number of hydrogen-bond donors (Lipinski definition) is 2. The third kappa shape index (κ3) is 12.1. The van der Waals surface area contributed by atoms with E-state index in [1.165, 1.54) is 13.8 Å². The van der Waals surface area contributed by atoms with Gasteiger partial charge in [0.05, 0.1) is 23.6 Å². The van der Waals surface area contributed by atoms with E-state index in [0.29, 0.717) is 11.1 Å². The highest BCUT2D eigenvalue weighted by molar-refractivity contribution is 7.89. The Morgan fingerprint density at radius 1 is 0.694 bits per heavy atom. The fraction of sp³-hybridized carbons (Fsp3) is 0.333. The summed E-state index contributed by atoms with van der Waals surface area (Å²) >= 11 is 0. The van der Waals surface area contributed by atoms with Crippen LogP contribution in [0, 0.1) is 0 Å². The van der Waals surface area contributed by atoms with Crippen molar-refractivity contribution in [1.29, 1.82) is 0 Å². The molecule has 0 saturated heterocycles. The number of esters is 2. The van der Waals surface area contributed by atoms with E-state index in [-0.39, 0.29) is 24.7 Å². The number of ether oxygens (including phenoxy) is 2. The summed E-state index contributed by atoms with van der Waals surface area (Å²) < 4.78 is 63.5. The molecule has 0 heterocycles. The van der Waals surface area contributed by atoms with Crippen LogP contribution in [0.25, 0.3) is 0 Å². The molecule has 0 aromatic heterocycles. The number of carbonyl (C=O) groups is 2. The van der Waals surface area contributed by atoms with Gasteiger partial charge in [-0.15, -0.1) is 0 Å². The second kappa shape index (κ2) is 13.9. The van der Waals surface area contributed by atoms with Crippen LogP contribution in [0.4, 0.5) is 0 Å². The molecular weight excluding hydrogens is 508 g/mol. The van der Waals surface area contributed by atoms with E-state index in [1.54, 1.807) is 60.7 Å². The molecule has 10 nitrogen and oxygen atoms in total. The Morgan fingerprint density at radius 3 is 1.36 bits per heavy atom. The normalized spacial score (nSPS) is 13.7. The zero-order valence-corrected chi connectivity index (χ0v) is 21.6. The van der Waals surface area contributed by atoms with Crippen molar-refractivity contribution in [1.82, 2.24) is 9.44 Å². The largest absolute Gasteiger partial charge is 0.461 e. The van der Waals surface area contributed by atoms with Crippen molar-refractivity contribution in [2.45, 2.75) is 37.4 Å². The van der Waals surface area contributed by atoms with Gasteiger partial charge >= 0.3 is 11.9 Å². The first-order chi connectivity index (χ1) is 16.9. The quantitative estimate of drug-likeness (QED) is 0.273. The van der Waals surface area contributed by atoms with Crippen molar-refractivity contribution < 1.29 is 35.9 Å². The zero-order valence-electron chi connectivity index (χ0n) is 20.0. The van der Waals surface area contributed by atoms with E-state index < -0.39 is 44.1 Å². The number of benzene rings is 2. The second-order valence-electron chi connectivity index (χ2n) is 8.12. The highest BCUT2D eigenvalue weighted by Gasteiger charge is 2.18. The molecule has 2 atom stereocenters. The summed E-state index contributed by atoms with van der Waals surface area (Å²) in [4.78, 5) is 23.6. The molecule has 0 aliphatic heterocycles. The molecule has 0 bridgehead atoms. The SMILES string of the molecule is C[C@H](COC(=O)/C=C/C(=O)OC[C@@H](C)NS(=O)(=O)Cc1ccccc1)NS(=O)(=O)Cc1ccccc1. The summed E-state index contributed by atoms with van der Waals surface area (Å²) in [5.41, 5.74) is 1.24. The first kappa shape index (κ1) is 29.2. The van der Waals surface area contributed by atoms with Gasteiger partial charge in [-0.2, -0.15) is 0 Å². The lowest BCUT2D eigenvalue weighted by Gasteiger charge is -2.14. The van der Waals surface area contributed by atoms with Crippen LogP contribution in [0.1, 0.15) is 25.0 Å². The summed E-state index contributed by atoms with van der Waals surface area (Å²) in [6.07, 6.45) is 1.69. The third-order valence-corrected chi connectivity index (χ3v) is 7.42. The van der Waals surface area contributed by atoms with Gasteiger partial charge in [0.2, 0.25) is 20.0 Å². The van der Waals surface area contributed by atoms with Gasteiger partial charge in [0.25, 0.3) is 0 Å². The number of carbonyl (C=O) groups excluding carboxylic acids is 2. The van der Waals surface area contributed by atoms with E-state index in [1.807, 2.05) is 0 Å². The van der Waals surface area contributed by atoms with Crippen molar-refractivity contribution in [3.63, 3.8) is 0 Å². The summed E-state index contributed by atoms with van der Waals surface area (Å²) in [7, 11) is -7.27. The maximum absolute atomic E-state index is 12.2. The van der Waals surface area contributed by atoms with Gasteiger partial charge in [0, 0.05) is 12.2 Å². The Hall–Kier alpha value is -3.06.